The van der Waals surface area contributed by atoms with Crippen LogP contribution in [0.5, 0.6) is 0 Å². The van der Waals surface area contributed by atoms with Gasteiger partial charge in [-0.25, -0.2) is 0 Å². The molecule has 1 aliphatic heterocycles. The number of hydrogen-bond acceptors (Lipinski definition) is 4. The van der Waals surface area contributed by atoms with Gasteiger partial charge in [0.05, 0.1) is 12.1 Å². The average Bonchev–Trinajstić information content (AvgIpc) is 2.88. The van der Waals surface area contributed by atoms with E-state index >= 15 is 0 Å². The highest BCUT2D eigenvalue weighted by Crippen LogP contribution is 2.39. The number of nitrogens with one attached hydrogen (secondary N) is 1. The van der Waals surface area contributed by atoms with Crippen molar-refractivity contribution in [2.45, 2.75) is 71.4 Å². The van der Waals surface area contributed by atoms with Crippen molar-refractivity contribution in [1.29, 1.82) is 0 Å². The molecular formula is C19H29N3O2S. The van der Waals surface area contributed by atoms with Crippen LogP contribution >= 0.6 is 11.3 Å². The third-order valence-corrected chi connectivity index (χ3v) is 6.88. The van der Waals surface area contributed by atoms with E-state index in [1.165, 1.54) is 22.6 Å². The Morgan fingerprint density at radius 1 is 1.20 bits per heavy atom. The zero-order chi connectivity index (χ0) is 18.1. The molecule has 0 saturated carbocycles. The van der Waals surface area contributed by atoms with Gasteiger partial charge in [0, 0.05) is 17.0 Å². The van der Waals surface area contributed by atoms with Crippen LogP contribution in [0.4, 0.5) is 5.00 Å². The minimum Gasteiger partial charge on any atom is -0.365 e. The summed E-state index contributed by atoms with van der Waals surface area (Å²) in [7, 11) is 0. The van der Waals surface area contributed by atoms with E-state index in [4.69, 9.17) is 5.73 Å². The standard InChI is InChI=1S/C19H29N3O2S/c1-11-7-8-14-15(9-11)25-19(17(14)18(20)24)21-16(23)10-22-12(2)5-4-6-13(22)3/h11-13H,4-10H2,1-3H3,(H2,20,24)(H,21,23). The van der Waals surface area contributed by atoms with E-state index in [0.29, 0.717) is 35.1 Å². The first-order chi connectivity index (χ1) is 11.9. The third kappa shape index (κ3) is 3.90. The fourth-order valence-corrected chi connectivity index (χ4v) is 5.65. The highest BCUT2D eigenvalue weighted by molar-refractivity contribution is 7.17. The molecule has 0 bridgehead atoms. The lowest BCUT2D eigenvalue weighted by Gasteiger charge is -2.38. The summed E-state index contributed by atoms with van der Waals surface area (Å²) in [6.07, 6.45) is 6.41. The summed E-state index contributed by atoms with van der Waals surface area (Å²) in [5.41, 5.74) is 7.23. The van der Waals surface area contributed by atoms with Crippen LogP contribution in [0.15, 0.2) is 0 Å². The van der Waals surface area contributed by atoms with E-state index in [1.807, 2.05) is 0 Å². The Balaban J connectivity index is 1.76. The predicted octanol–water partition coefficient (Wildman–Crippen LogP) is 3.17. The summed E-state index contributed by atoms with van der Waals surface area (Å²) < 4.78 is 0. The Morgan fingerprint density at radius 3 is 2.52 bits per heavy atom. The number of rotatable bonds is 4. The van der Waals surface area contributed by atoms with Crippen LogP contribution in [0.3, 0.4) is 0 Å². The first-order valence-electron chi connectivity index (χ1n) is 9.36. The number of piperidine rings is 1. The fraction of sp³-hybridized carbons (Fsp3) is 0.684. The lowest BCUT2D eigenvalue weighted by atomic mass is 9.88. The first kappa shape index (κ1) is 18.4. The maximum Gasteiger partial charge on any atom is 0.251 e. The molecule has 0 spiro atoms. The van der Waals surface area contributed by atoms with Crippen molar-refractivity contribution in [2.75, 3.05) is 11.9 Å². The summed E-state index contributed by atoms with van der Waals surface area (Å²) in [4.78, 5) is 28.1. The molecule has 25 heavy (non-hydrogen) atoms. The van der Waals surface area contributed by atoms with Crippen LogP contribution in [0.1, 0.15) is 67.3 Å². The second kappa shape index (κ2) is 7.46. The van der Waals surface area contributed by atoms with Crippen LogP contribution in [0.2, 0.25) is 0 Å². The summed E-state index contributed by atoms with van der Waals surface area (Å²) in [5, 5.41) is 3.64. The molecule has 2 heterocycles. The summed E-state index contributed by atoms with van der Waals surface area (Å²) >= 11 is 1.53. The molecule has 2 aliphatic rings. The molecule has 138 valence electrons. The Labute approximate surface area is 154 Å². The van der Waals surface area contributed by atoms with E-state index in [-0.39, 0.29) is 5.91 Å². The molecule has 6 heteroatoms. The molecule has 0 aromatic carbocycles. The average molecular weight is 364 g/mol. The van der Waals surface area contributed by atoms with Gasteiger partial charge in [-0.05, 0) is 57.4 Å². The van der Waals surface area contributed by atoms with Crippen molar-refractivity contribution >= 4 is 28.2 Å². The van der Waals surface area contributed by atoms with Gasteiger partial charge in [0.25, 0.3) is 5.91 Å². The number of hydrogen-bond donors (Lipinski definition) is 2. The molecule has 5 nitrogen and oxygen atoms in total. The van der Waals surface area contributed by atoms with Crippen LogP contribution in [0.25, 0.3) is 0 Å². The van der Waals surface area contributed by atoms with E-state index in [0.717, 1.165) is 37.7 Å². The highest BCUT2D eigenvalue weighted by Gasteiger charge is 2.29. The number of carbonyl (C=O) groups is 2. The smallest absolute Gasteiger partial charge is 0.251 e. The van der Waals surface area contributed by atoms with Gasteiger partial charge in [0.15, 0.2) is 0 Å². The predicted molar refractivity (Wildman–Crippen MR) is 102 cm³/mol. The van der Waals surface area contributed by atoms with Gasteiger partial charge in [0.2, 0.25) is 5.91 Å². The number of anilines is 1. The van der Waals surface area contributed by atoms with Crippen LogP contribution in [-0.2, 0) is 17.6 Å². The van der Waals surface area contributed by atoms with Crippen molar-refractivity contribution < 1.29 is 9.59 Å². The number of carbonyl (C=O) groups excluding carboxylic acids is 2. The van der Waals surface area contributed by atoms with Crippen molar-refractivity contribution in [3.8, 4) is 0 Å². The second-order valence-electron chi connectivity index (χ2n) is 7.77. The third-order valence-electron chi connectivity index (χ3n) is 5.71. The SMILES string of the molecule is CC1CCc2c(sc(NC(=O)CN3C(C)CCCC3C)c2C(N)=O)C1. The van der Waals surface area contributed by atoms with Crippen molar-refractivity contribution in [2.24, 2.45) is 11.7 Å². The number of nitrogens with zero attached hydrogens (tertiary/aromatic N) is 1. The van der Waals surface area contributed by atoms with Gasteiger partial charge in [-0.3, -0.25) is 14.5 Å². The minimum absolute atomic E-state index is 0.0465. The van der Waals surface area contributed by atoms with Gasteiger partial charge in [-0.1, -0.05) is 13.3 Å². The summed E-state index contributed by atoms with van der Waals surface area (Å²) in [6, 6.07) is 0.838. The van der Waals surface area contributed by atoms with Crippen LogP contribution in [-0.4, -0.2) is 35.3 Å². The number of fused-ring (bicyclic) bond motifs is 1. The molecule has 3 rings (SSSR count). The fourth-order valence-electron chi connectivity index (χ4n) is 4.22. The Morgan fingerprint density at radius 2 is 1.88 bits per heavy atom. The maximum atomic E-state index is 12.6. The molecule has 3 atom stereocenters. The topological polar surface area (TPSA) is 75.4 Å². The molecular weight excluding hydrogens is 334 g/mol. The lowest BCUT2D eigenvalue weighted by Crippen LogP contribution is -2.47. The Hall–Kier alpha value is -1.40. The number of likely N-dealkylation sites (tertiary alicyclic amines) is 1. The number of nitrogens with two attached hydrogens (primary N) is 1. The van der Waals surface area contributed by atoms with Crippen LogP contribution < -0.4 is 11.1 Å². The molecule has 1 saturated heterocycles. The van der Waals surface area contributed by atoms with Gasteiger partial charge < -0.3 is 11.1 Å². The molecule has 1 aliphatic carbocycles. The van der Waals surface area contributed by atoms with Gasteiger partial charge in [-0.15, -0.1) is 11.3 Å². The number of thiophene rings is 1. The molecule has 3 N–H and O–H groups in total. The zero-order valence-electron chi connectivity index (χ0n) is 15.4. The minimum atomic E-state index is -0.429. The molecule has 0 radical (unpaired) electrons. The van der Waals surface area contributed by atoms with Crippen LogP contribution in [0, 0.1) is 5.92 Å². The Bertz CT molecular complexity index is 660. The normalized spacial score (nSPS) is 26.9. The Kier molecular flexibility index (Phi) is 5.49. The van der Waals surface area contributed by atoms with Gasteiger partial charge in [-0.2, -0.15) is 0 Å². The van der Waals surface area contributed by atoms with Crippen molar-refractivity contribution in [3.05, 3.63) is 16.0 Å². The maximum absolute atomic E-state index is 12.6. The largest absolute Gasteiger partial charge is 0.365 e. The zero-order valence-corrected chi connectivity index (χ0v) is 16.2. The van der Waals surface area contributed by atoms with E-state index < -0.39 is 5.91 Å². The number of primary amides is 1. The van der Waals surface area contributed by atoms with E-state index in [2.05, 4.69) is 31.0 Å². The van der Waals surface area contributed by atoms with Gasteiger partial charge >= 0.3 is 0 Å². The van der Waals surface area contributed by atoms with Gasteiger partial charge in [0.1, 0.15) is 5.00 Å². The first-order valence-corrected chi connectivity index (χ1v) is 10.2. The quantitative estimate of drug-likeness (QED) is 0.863. The monoisotopic (exact) mass is 363 g/mol. The van der Waals surface area contributed by atoms with Crippen molar-refractivity contribution in [3.63, 3.8) is 0 Å². The molecule has 1 aromatic rings. The molecule has 1 fully saturated rings. The van der Waals surface area contributed by atoms with E-state index in [9.17, 15) is 9.59 Å². The summed E-state index contributed by atoms with van der Waals surface area (Å²) in [5.74, 6) is 0.141. The molecule has 2 amide bonds. The second-order valence-corrected chi connectivity index (χ2v) is 8.87. The molecule has 1 aromatic heterocycles. The highest BCUT2D eigenvalue weighted by atomic mass is 32.1. The summed E-state index contributed by atoms with van der Waals surface area (Å²) in [6.45, 7) is 6.97. The van der Waals surface area contributed by atoms with E-state index in [1.54, 1.807) is 0 Å². The number of amides is 2. The lowest BCUT2D eigenvalue weighted by molar-refractivity contribution is -0.118. The van der Waals surface area contributed by atoms with Crippen molar-refractivity contribution in [1.82, 2.24) is 4.90 Å². The molecule has 3 unspecified atom stereocenters.